The number of halogens is 3. The Kier molecular flexibility index (Phi) is 7.33. The molecule has 2 aromatic carbocycles. The zero-order valence-electron chi connectivity index (χ0n) is 14.4. The van der Waals surface area contributed by atoms with Crippen LogP contribution in [0.25, 0.3) is 0 Å². The number of hydrogen-bond donors (Lipinski definition) is 1. The smallest absolute Gasteiger partial charge is 0.303 e. The highest BCUT2D eigenvalue weighted by molar-refractivity contribution is 7.91. The third-order valence-corrected chi connectivity index (χ3v) is 6.60. The summed E-state index contributed by atoms with van der Waals surface area (Å²) in [5.41, 5.74) is -0.233. The highest BCUT2D eigenvalue weighted by Gasteiger charge is 2.31. The van der Waals surface area contributed by atoms with Gasteiger partial charge in [-0.25, -0.2) is 17.2 Å². The van der Waals surface area contributed by atoms with E-state index >= 15 is 0 Å². The lowest BCUT2D eigenvalue weighted by atomic mass is 10.0. The molecular weight excluding hydrogens is 398 g/mol. The Morgan fingerprint density at radius 1 is 1.04 bits per heavy atom. The van der Waals surface area contributed by atoms with E-state index in [1.54, 1.807) is 0 Å². The van der Waals surface area contributed by atoms with Gasteiger partial charge in [-0.1, -0.05) is 24.4 Å². The van der Waals surface area contributed by atoms with Crippen LogP contribution in [0.4, 0.5) is 8.78 Å². The molecule has 0 bridgehead atoms. The number of rotatable bonds is 9. The molecule has 0 amide bonds. The topological polar surface area (TPSA) is 71.4 Å². The highest BCUT2D eigenvalue weighted by Crippen LogP contribution is 2.35. The predicted octanol–water partition coefficient (Wildman–Crippen LogP) is 5.17. The summed E-state index contributed by atoms with van der Waals surface area (Å²) < 4.78 is 54.0. The normalized spacial score (nSPS) is 12.7. The van der Waals surface area contributed by atoms with Crippen LogP contribution in [0.3, 0.4) is 0 Å². The van der Waals surface area contributed by atoms with E-state index < -0.39 is 32.7 Å². The maximum Gasteiger partial charge on any atom is 0.303 e. The zero-order valence-corrected chi connectivity index (χ0v) is 15.9. The molecule has 1 N–H and O–H groups in total. The molecule has 0 saturated carbocycles. The van der Waals surface area contributed by atoms with Gasteiger partial charge < -0.3 is 5.11 Å². The lowest BCUT2D eigenvalue weighted by molar-refractivity contribution is -0.137. The molecule has 0 spiro atoms. The number of aliphatic carboxylic acids is 1. The van der Waals surface area contributed by atoms with Crippen LogP contribution in [0, 0.1) is 11.6 Å². The van der Waals surface area contributed by atoms with Crippen molar-refractivity contribution in [1.29, 1.82) is 0 Å². The quantitative estimate of drug-likeness (QED) is 0.572. The van der Waals surface area contributed by atoms with Crippen LogP contribution in [0.15, 0.2) is 47.4 Å². The third kappa shape index (κ3) is 5.74. The van der Waals surface area contributed by atoms with Gasteiger partial charge in [0, 0.05) is 17.0 Å². The minimum absolute atomic E-state index is 0.0249. The molecule has 4 nitrogen and oxygen atoms in total. The minimum atomic E-state index is -4.00. The average Bonchev–Trinajstić information content (AvgIpc) is 2.60. The molecule has 0 aliphatic rings. The second-order valence-corrected chi connectivity index (χ2v) is 8.71. The van der Waals surface area contributed by atoms with Crippen molar-refractivity contribution >= 4 is 27.4 Å². The number of carbonyl (C=O) groups is 1. The number of carboxylic acids is 1. The summed E-state index contributed by atoms with van der Waals surface area (Å²) in [5.74, 6) is -2.46. The molecule has 27 heavy (non-hydrogen) atoms. The lowest BCUT2D eigenvalue weighted by Gasteiger charge is -2.19. The molecule has 2 rings (SSSR count). The van der Waals surface area contributed by atoms with E-state index in [1.807, 2.05) is 0 Å². The lowest BCUT2D eigenvalue weighted by Crippen LogP contribution is -2.16. The van der Waals surface area contributed by atoms with Crippen LogP contribution in [0.2, 0.25) is 5.02 Å². The SMILES string of the molecule is O=C(O)CCCCCC(c1cc(F)ccc1F)S(=O)(=O)c1ccc(Cl)cc1. The fourth-order valence-corrected chi connectivity index (χ4v) is 4.77. The van der Waals surface area contributed by atoms with Crippen molar-refractivity contribution in [1.82, 2.24) is 0 Å². The van der Waals surface area contributed by atoms with Gasteiger partial charge in [-0.2, -0.15) is 0 Å². The summed E-state index contributed by atoms with van der Waals surface area (Å²) in [5, 5.41) is 7.75. The Hall–Kier alpha value is -1.99. The first-order valence-electron chi connectivity index (χ1n) is 8.38. The Morgan fingerprint density at radius 2 is 1.70 bits per heavy atom. The van der Waals surface area contributed by atoms with Crippen LogP contribution < -0.4 is 0 Å². The van der Waals surface area contributed by atoms with Gasteiger partial charge in [0.2, 0.25) is 0 Å². The second-order valence-electron chi connectivity index (χ2n) is 6.15. The molecule has 0 aliphatic carbocycles. The fraction of sp³-hybridized carbons (Fsp3) is 0.316. The van der Waals surface area contributed by atoms with E-state index in [2.05, 4.69) is 0 Å². The summed E-state index contributed by atoms with van der Waals surface area (Å²) >= 11 is 5.80. The Balaban J connectivity index is 2.32. The summed E-state index contributed by atoms with van der Waals surface area (Å²) in [6.45, 7) is 0. The van der Waals surface area contributed by atoms with Gasteiger partial charge in [0.25, 0.3) is 0 Å². The van der Waals surface area contributed by atoms with E-state index in [9.17, 15) is 22.0 Å². The molecule has 0 radical (unpaired) electrons. The van der Waals surface area contributed by atoms with E-state index in [4.69, 9.17) is 16.7 Å². The van der Waals surface area contributed by atoms with Gasteiger partial charge in [-0.3, -0.25) is 4.79 Å². The molecule has 1 atom stereocenters. The van der Waals surface area contributed by atoms with Crippen LogP contribution in [0.1, 0.15) is 42.9 Å². The zero-order chi connectivity index (χ0) is 20.0. The third-order valence-electron chi connectivity index (χ3n) is 4.18. The van der Waals surface area contributed by atoms with Crippen molar-refractivity contribution in [3.05, 3.63) is 64.7 Å². The number of sulfone groups is 1. The van der Waals surface area contributed by atoms with Crippen molar-refractivity contribution < 1.29 is 27.1 Å². The average molecular weight is 417 g/mol. The van der Waals surface area contributed by atoms with E-state index in [0.717, 1.165) is 18.2 Å². The fourth-order valence-electron chi connectivity index (χ4n) is 2.81. The van der Waals surface area contributed by atoms with Gasteiger partial charge in [-0.05, 0) is 55.3 Å². The van der Waals surface area contributed by atoms with Crippen molar-refractivity contribution in [3.8, 4) is 0 Å². The Labute approximate surface area is 161 Å². The van der Waals surface area contributed by atoms with Crippen molar-refractivity contribution in [2.75, 3.05) is 0 Å². The van der Waals surface area contributed by atoms with E-state index in [-0.39, 0.29) is 23.3 Å². The Bertz CT molecular complexity index is 898. The first-order valence-corrected chi connectivity index (χ1v) is 10.3. The van der Waals surface area contributed by atoms with Crippen molar-refractivity contribution in [3.63, 3.8) is 0 Å². The predicted molar refractivity (Wildman–Crippen MR) is 98.5 cm³/mol. The van der Waals surface area contributed by atoms with Crippen LogP contribution >= 0.6 is 11.6 Å². The maximum atomic E-state index is 14.3. The van der Waals surface area contributed by atoms with Crippen molar-refractivity contribution in [2.24, 2.45) is 0 Å². The second kappa shape index (κ2) is 9.28. The number of hydrogen-bond acceptors (Lipinski definition) is 3. The first-order chi connectivity index (χ1) is 12.7. The minimum Gasteiger partial charge on any atom is -0.481 e. The molecule has 8 heteroatoms. The van der Waals surface area contributed by atoms with Gasteiger partial charge >= 0.3 is 5.97 Å². The first kappa shape index (κ1) is 21.3. The van der Waals surface area contributed by atoms with Gasteiger partial charge in [0.1, 0.15) is 11.6 Å². The molecule has 0 aliphatic heterocycles. The van der Waals surface area contributed by atoms with Gasteiger partial charge in [0.05, 0.1) is 10.1 Å². The maximum absolute atomic E-state index is 14.3. The van der Waals surface area contributed by atoms with Crippen LogP contribution in [0.5, 0.6) is 0 Å². The number of unbranched alkanes of at least 4 members (excludes halogenated alkanes) is 2. The largest absolute Gasteiger partial charge is 0.481 e. The molecule has 2 aromatic rings. The number of carboxylic acid groups (broad SMARTS) is 1. The molecule has 0 heterocycles. The summed E-state index contributed by atoms with van der Waals surface area (Å²) in [7, 11) is -4.00. The van der Waals surface area contributed by atoms with Crippen molar-refractivity contribution in [2.45, 2.75) is 42.2 Å². The number of benzene rings is 2. The summed E-state index contributed by atoms with van der Waals surface area (Å²) in [6.07, 6.45) is 1.24. The van der Waals surface area contributed by atoms with Crippen LogP contribution in [-0.2, 0) is 14.6 Å². The molecule has 146 valence electrons. The van der Waals surface area contributed by atoms with E-state index in [1.165, 1.54) is 24.3 Å². The highest BCUT2D eigenvalue weighted by atomic mass is 35.5. The molecule has 0 fully saturated rings. The van der Waals surface area contributed by atoms with Crippen LogP contribution in [-0.4, -0.2) is 19.5 Å². The standard InChI is InChI=1S/C19H19ClF2O4S/c20-13-6-9-15(10-7-13)27(25,26)18(4-2-1-3-5-19(23)24)16-12-14(21)8-11-17(16)22/h6-12,18H,1-5H2,(H,23,24). The monoisotopic (exact) mass is 416 g/mol. The molecule has 1 unspecified atom stereocenters. The van der Waals surface area contributed by atoms with Gasteiger partial charge in [0.15, 0.2) is 9.84 Å². The van der Waals surface area contributed by atoms with E-state index in [0.29, 0.717) is 24.3 Å². The molecule has 0 saturated heterocycles. The summed E-state index contributed by atoms with van der Waals surface area (Å²) in [6, 6.07) is 8.21. The molecule has 0 aromatic heterocycles. The Morgan fingerprint density at radius 3 is 2.33 bits per heavy atom. The van der Waals surface area contributed by atoms with Gasteiger partial charge in [-0.15, -0.1) is 0 Å². The summed E-state index contributed by atoms with van der Waals surface area (Å²) in [4.78, 5) is 10.5. The molecular formula is C19H19ClF2O4S.